The van der Waals surface area contributed by atoms with Crippen molar-refractivity contribution < 1.29 is 9.47 Å². The first kappa shape index (κ1) is 14.9. The summed E-state index contributed by atoms with van der Waals surface area (Å²) in [4.78, 5) is 0. The van der Waals surface area contributed by atoms with Crippen LogP contribution in [0.1, 0.15) is 45.4 Å². The van der Waals surface area contributed by atoms with Gasteiger partial charge in [0.15, 0.2) is 6.29 Å². The summed E-state index contributed by atoms with van der Waals surface area (Å²) >= 11 is 0. The van der Waals surface area contributed by atoms with Crippen LogP contribution in [0.2, 0.25) is 0 Å². The lowest BCUT2D eigenvalue weighted by molar-refractivity contribution is -0.118. The minimum atomic E-state index is -0.181. The molecule has 4 heteroatoms. The fourth-order valence-corrected chi connectivity index (χ4v) is 2.57. The van der Waals surface area contributed by atoms with E-state index in [1.54, 1.807) is 14.2 Å². The van der Waals surface area contributed by atoms with Crippen molar-refractivity contribution in [2.24, 2.45) is 5.73 Å². The minimum Gasteiger partial charge on any atom is -0.356 e. The van der Waals surface area contributed by atoms with Gasteiger partial charge in [0, 0.05) is 38.8 Å². The second-order valence-corrected chi connectivity index (χ2v) is 5.35. The first-order chi connectivity index (χ1) is 8.13. The predicted molar refractivity (Wildman–Crippen MR) is 69.9 cm³/mol. The number of nitrogens with two attached hydrogens (primary N) is 1. The highest BCUT2D eigenvalue weighted by molar-refractivity contribution is 4.89. The molecule has 0 aromatic rings. The van der Waals surface area contributed by atoms with Gasteiger partial charge >= 0.3 is 0 Å². The molecule has 0 radical (unpaired) electrons. The molecule has 0 saturated heterocycles. The van der Waals surface area contributed by atoms with Gasteiger partial charge in [-0.05, 0) is 19.8 Å². The fraction of sp³-hybridized carbons (Fsp3) is 1.00. The smallest absolute Gasteiger partial charge is 0.158 e. The molecule has 0 spiro atoms. The maximum absolute atomic E-state index is 5.91. The molecule has 1 unspecified atom stereocenters. The highest BCUT2D eigenvalue weighted by Crippen LogP contribution is 2.22. The van der Waals surface area contributed by atoms with Crippen LogP contribution < -0.4 is 11.1 Å². The molecule has 3 N–H and O–H groups in total. The van der Waals surface area contributed by atoms with E-state index in [1.165, 1.54) is 32.1 Å². The zero-order chi connectivity index (χ0) is 12.7. The molecule has 1 aliphatic rings. The van der Waals surface area contributed by atoms with Crippen molar-refractivity contribution in [1.82, 2.24) is 5.32 Å². The van der Waals surface area contributed by atoms with Crippen molar-refractivity contribution in [3.05, 3.63) is 0 Å². The average molecular weight is 244 g/mol. The van der Waals surface area contributed by atoms with E-state index in [2.05, 4.69) is 12.2 Å². The normalized spacial score (nSPS) is 21.7. The Morgan fingerprint density at radius 1 is 1.24 bits per heavy atom. The summed E-state index contributed by atoms with van der Waals surface area (Å²) in [7, 11) is 3.34. The van der Waals surface area contributed by atoms with E-state index in [9.17, 15) is 0 Å². The largest absolute Gasteiger partial charge is 0.356 e. The van der Waals surface area contributed by atoms with Gasteiger partial charge in [0.05, 0.1) is 0 Å². The maximum atomic E-state index is 5.91. The maximum Gasteiger partial charge on any atom is 0.158 e. The molecule has 0 heterocycles. The van der Waals surface area contributed by atoms with E-state index in [0.29, 0.717) is 12.6 Å². The average Bonchev–Trinajstić information content (AvgIpc) is 2.37. The minimum absolute atomic E-state index is 0.0985. The summed E-state index contributed by atoms with van der Waals surface area (Å²) in [5.74, 6) is 0. The van der Waals surface area contributed by atoms with E-state index in [1.807, 2.05) is 0 Å². The Hall–Kier alpha value is -0.160. The van der Waals surface area contributed by atoms with Gasteiger partial charge in [-0.1, -0.05) is 19.3 Å². The van der Waals surface area contributed by atoms with Gasteiger partial charge in [-0.25, -0.2) is 0 Å². The van der Waals surface area contributed by atoms with Crippen molar-refractivity contribution >= 4 is 0 Å². The second kappa shape index (κ2) is 7.31. The Labute approximate surface area is 105 Å². The number of ether oxygens (including phenoxy) is 2. The Balaban J connectivity index is 2.47. The van der Waals surface area contributed by atoms with Gasteiger partial charge in [-0.15, -0.1) is 0 Å². The van der Waals surface area contributed by atoms with Crippen molar-refractivity contribution in [2.45, 2.75) is 63.3 Å². The highest BCUT2D eigenvalue weighted by atomic mass is 16.7. The van der Waals surface area contributed by atoms with Crippen molar-refractivity contribution in [3.63, 3.8) is 0 Å². The molecule has 0 aromatic heterocycles. The SMILES string of the molecule is COC(CC(C)(CN)NC1CCCCC1)OC. The van der Waals surface area contributed by atoms with Gasteiger partial charge in [0.2, 0.25) is 0 Å². The third kappa shape index (κ3) is 4.92. The van der Waals surface area contributed by atoms with Crippen LogP contribution in [0.25, 0.3) is 0 Å². The lowest BCUT2D eigenvalue weighted by atomic mass is 9.90. The molecule has 0 aromatic carbocycles. The Kier molecular flexibility index (Phi) is 6.41. The third-order valence-corrected chi connectivity index (χ3v) is 3.75. The second-order valence-electron chi connectivity index (χ2n) is 5.35. The number of hydrogen-bond donors (Lipinski definition) is 2. The number of methoxy groups -OCH3 is 2. The molecule has 4 nitrogen and oxygen atoms in total. The Morgan fingerprint density at radius 2 is 1.82 bits per heavy atom. The van der Waals surface area contributed by atoms with Crippen LogP contribution in [0, 0.1) is 0 Å². The zero-order valence-electron chi connectivity index (χ0n) is 11.5. The van der Waals surface area contributed by atoms with Crippen molar-refractivity contribution in [1.29, 1.82) is 0 Å². The molecule has 17 heavy (non-hydrogen) atoms. The summed E-state index contributed by atoms with van der Waals surface area (Å²) < 4.78 is 10.5. The van der Waals surface area contributed by atoms with Crippen LogP contribution in [0.15, 0.2) is 0 Å². The summed E-state index contributed by atoms with van der Waals surface area (Å²) in [5, 5.41) is 3.70. The van der Waals surface area contributed by atoms with Crippen molar-refractivity contribution in [2.75, 3.05) is 20.8 Å². The molecule has 0 aliphatic heterocycles. The van der Waals surface area contributed by atoms with Crippen LogP contribution in [-0.2, 0) is 9.47 Å². The molecular weight excluding hydrogens is 216 g/mol. The van der Waals surface area contributed by atoms with Crippen LogP contribution in [-0.4, -0.2) is 38.6 Å². The molecular formula is C13H28N2O2. The Morgan fingerprint density at radius 3 is 2.29 bits per heavy atom. The first-order valence-corrected chi connectivity index (χ1v) is 6.67. The van der Waals surface area contributed by atoms with Gasteiger partial charge in [-0.3, -0.25) is 0 Å². The van der Waals surface area contributed by atoms with Crippen LogP contribution in [0.4, 0.5) is 0 Å². The molecule has 1 fully saturated rings. The number of nitrogens with one attached hydrogen (secondary N) is 1. The van der Waals surface area contributed by atoms with Gasteiger partial charge in [-0.2, -0.15) is 0 Å². The molecule has 1 atom stereocenters. The quantitative estimate of drug-likeness (QED) is 0.668. The molecule has 0 bridgehead atoms. The molecule has 1 rings (SSSR count). The van der Waals surface area contributed by atoms with Gasteiger partial charge < -0.3 is 20.5 Å². The van der Waals surface area contributed by atoms with E-state index in [0.717, 1.165) is 6.42 Å². The topological polar surface area (TPSA) is 56.5 Å². The summed E-state index contributed by atoms with van der Waals surface area (Å²) in [5.41, 5.74) is 5.81. The molecule has 102 valence electrons. The van der Waals surface area contributed by atoms with E-state index >= 15 is 0 Å². The highest BCUT2D eigenvalue weighted by Gasteiger charge is 2.30. The van der Waals surface area contributed by atoms with E-state index in [-0.39, 0.29) is 11.8 Å². The van der Waals surface area contributed by atoms with Crippen molar-refractivity contribution in [3.8, 4) is 0 Å². The summed E-state index contributed by atoms with van der Waals surface area (Å²) in [6.07, 6.45) is 7.16. The molecule has 1 aliphatic carbocycles. The zero-order valence-corrected chi connectivity index (χ0v) is 11.5. The first-order valence-electron chi connectivity index (χ1n) is 6.67. The molecule has 0 amide bonds. The van der Waals surface area contributed by atoms with E-state index in [4.69, 9.17) is 15.2 Å². The Bertz CT molecular complexity index is 204. The molecule has 1 saturated carbocycles. The van der Waals surface area contributed by atoms with E-state index < -0.39 is 0 Å². The predicted octanol–water partition coefficient (Wildman–Crippen LogP) is 1.64. The lowest BCUT2D eigenvalue weighted by Crippen LogP contribution is -2.55. The van der Waals surface area contributed by atoms with Gasteiger partial charge in [0.25, 0.3) is 0 Å². The third-order valence-electron chi connectivity index (χ3n) is 3.75. The fourth-order valence-electron chi connectivity index (χ4n) is 2.57. The van der Waals surface area contributed by atoms with Crippen LogP contribution in [0.5, 0.6) is 0 Å². The van der Waals surface area contributed by atoms with Gasteiger partial charge in [0.1, 0.15) is 0 Å². The monoisotopic (exact) mass is 244 g/mol. The van der Waals surface area contributed by atoms with Crippen LogP contribution in [0.3, 0.4) is 0 Å². The number of hydrogen-bond acceptors (Lipinski definition) is 4. The van der Waals surface area contributed by atoms with Crippen LogP contribution >= 0.6 is 0 Å². The lowest BCUT2D eigenvalue weighted by Gasteiger charge is -2.37. The number of rotatable bonds is 7. The summed E-state index contributed by atoms with van der Waals surface area (Å²) in [6.45, 7) is 2.76. The summed E-state index contributed by atoms with van der Waals surface area (Å²) in [6, 6.07) is 0.603. The standard InChI is InChI=1S/C13H28N2O2/c1-13(10-14,9-12(16-2)17-3)15-11-7-5-4-6-8-11/h11-12,15H,4-10,14H2,1-3H3.